The second-order valence-electron chi connectivity index (χ2n) is 4.74. The third kappa shape index (κ3) is 1.88. The van der Waals surface area contributed by atoms with Crippen molar-refractivity contribution >= 4 is 0 Å². The minimum Gasteiger partial charge on any atom is -0.508 e. The third-order valence-corrected chi connectivity index (χ3v) is 3.71. The van der Waals surface area contributed by atoms with Crippen LogP contribution in [0.4, 0.5) is 0 Å². The number of imidazole rings is 1. The molecule has 1 aliphatic heterocycles. The van der Waals surface area contributed by atoms with E-state index in [1.54, 1.807) is 6.07 Å². The zero-order chi connectivity index (χ0) is 12.5. The molecule has 4 nitrogen and oxygen atoms in total. The van der Waals surface area contributed by atoms with Crippen molar-refractivity contribution in [2.24, 2.45) is 0 Å². The SMILES string of the molecule is CC(c1ccccc1O)N1CCn2ccnc2C1. The summed E-state index contributed by atoms with van der Waals surface area (Å²) in [4.78, 5) is 6.71. The first-order chi connectivity index (χ1) is 8.75. The summed E-state index contributed by atoms with van der Waals surface area (Å²) in [5.41, 5.74) is 0.984. The maximum atomic E-state index is 9.92. The van der Waals surface area contributed by atoms with Crippen LogP contribution in [-0.4, -0.2) is 26.1 Å². The number of hydrogen-bond acceptors (Lipinski definition) is 3. The van der Waals surface area contributed by atoms with Crippen molar-refractivity contribution in [2.75, 3.05) is 6.54 Å². The van der Waals surface area contributed by atoms with Gasteiger partial charge in [-0.05, 0) is 13.0 Å². The van der Waals surface area contributed by atoms with Crippen molar-refractivity contribution in [3.05, 3.63) is 48.0 Å². The van der Waals surface area contributed by atoms with E-state index in [1.165, 1.54) is 0 Å². The van der Waals surface area contributed by atoms with Crippen molar-refractivity contribution in [1.29, 1.82) is 0 Å². The van der Waals surface area contributed by atoms with E-state index in [2.05, 4.69) is 21.4 Å². The van der Waals surface area contributed by atoms with E-state index in [0.717, 1.165) is 31.0 Å². The highest BCUT2D eigenvalue weighted by atomic mass is 16.3. The molecular formula is C14H17N3O. The van der Waals surface area contributed by atoms with Gasteiger partial charge in [-0.1, -0.05) is 18.2 Å². The predicted molar refractivity (Wildman–Crippen MR) is 69.2 cm³/mol. The lowest BCUT2D eigenvalue weighted by Crippen LogP contribution is -2.35. The summed E-state index contributed by atoms with van der Waals surface area (Å²) in [5, 5.41) is 9.92. The van der Waals surface area contributed by atoms with E-state index in [-0.39, 0.29) is 6.04 Å². The van der Waals surface area contributed by atoms with Gasteiger partial charge in [0.05, 0.1) is 6.54 Å². The van der Waals surface area contributed by atoms with Crippen LogP contribution in [-0.2, 0) is 13.1 Å². The Kier molecular flexibility index (Phi) is 2.80. The Labute approximate surface area is 107 Å². The van der Waals surface area contributed by atoms with Gasteiger partial charge in [0.15, 0.2) is 0 Å². The van der Waals surface area contributed by atoms with Gasteiger partial charge in [-0.2, -0.15) is 0 Å². The lowest BCUT2D eigenvalue weighted by molar-refractivity contribution is 0.161. The average Bonchev–Trinajstić information content (AvgIpc) is 2.85. The van der Waals surface area contributed by atoms with Gasteiger partial charge < -0.3 is 9.67 Å². The van der Waals surface area contributed by atoms with E-state index < -0.39 is 0 Å². The number of hydrogen-bond donors (Lipinski definition) is 1. The summed E-state index contributed by atoms with van der Waals surface area (Å²) in [6.07, 6.45) is 3.88. The summed E-state index contributed by atoms with van der Waals surface area (Å²) in [6.45, 7) is 4.92. The van der Waals surface area contributed by atoms with Crippen LogP contribution in [0.5, 0.6) is 5.75 Å². The van der Waals surface area contributed by atoms with E-state index in [0.29, 0.717) is 5.75 Å². The first-order valence-electron chi connectivity index (χ1n) is 6.27. The first-order valence-corrected chi connectivity index (χ1v) is 6.27. The van der Waals surface area contributed by atoms with Gasteiger partial charge in [0.1, 0.15) is 11.6 Å². The molecule has 1 aromatic heterocycles. The predicted octanol–water partition coefficient (Wildman–Crippen LogP) is 2.17. The molecule has 1 atom stereocenters. The normalized spacial score (nSPS) is 17.4. The smallest absolute Gasteiger partial charge is 0.122 e. The van der Waals surface area contributed by atoms with Crippen LogP contribution >= 0.6 is 0 Å². The molecule has 4 heteroatoms. The molecular weight excluding hydrogens is 226 g/mol. The van der Waals surface area contributed by atoms with Crippen molar-refractivity contribution in [3.8, 4) is 5.75 Å². The monoisotopic (exact) mass is 243 g/mol. The average molecular weight is 243 g/mol. The Balaban J connectivity index is 1.83. The summed E-state index contributed by atoms with van der Waals surface area (Å²) in [5.74, 6) is 1.47. The summed E-state index contributed by atoms with van der Waals surface area (Å²) in [6, 6.07) is 7.76. The van der Waals surface area contributed by atoms with Gasteiger partial charge in [0.25, 0.3) is 0 Å². The molecule has 1 unspecified atom stereocenters. The minimum atomic E-state index is 0.205. The minimum absolute atomic E-state index is 0.205. The number of aromatic nitrogens is 2. The van der Waals surface area contributed by atoms with Gasteiger partial charge in [-0.25, -0.2) is 4.98 Å². The van der Waals surface area contributed by atoms with E-state index >= 15 is 0 Å². The second kappa shape index (κ2) is 4.46. The topological polar surface area (TPSA) is 41.3 Å². The molecule has 0 amide bonds. The van der Waals surface area contributed by atoms with Gasteiger partial charge in [0.2, 0.25) is 0 Å². The molecule has 1 aromatic carbocycles. The maximum absolute atomic E-state index is 9.92. The number of para-hydroxylation sites is 1. The quantitative estimate of drug-likeness (QED) is 0.878. The van der Waals surface area contributed by atoms with E-state index in [9.17, 15) is 5.11 Å². The van der Waals surface area contributed by atoms with Gasteiger partial charge in [-0.3, -0.25) is 4.90 Å². The van der Waals surface area contributed by atoms with Crippen molar-refractivity contribution in [3.63, 3.8) is 0 Å². The fourth-order valence-corrected chi connectivity index (χ4v) is 2.56. The molecule has 0 saturated heterocycles. The molecule has 1 N–H and O–H groups in total. The highest BCUT2D eigenvalue weighted by Crippen LogP contribution is 2.30. The Morgan fingerprint density at radius 3 is 2.94 bits per heavy atom. The molecule has 0 aliphatic carbocycles. The van der Waals surface area contributed by atoms with E-state index in [4.69, 9.17) is 0 Å². The van der Waals surface area contributed by atoms with Gasteiger partial charge >= 0.3 is 0 Å². The Bertz CT molecular complexity index is 549. The number of rotatable bonds is 2. The summed E-state index contributed by atoms with van der Waals surface area (Å²) >= 11 is 0. The van der Waals surface area contributed by atoms with Crippen molar-refractivity contribution in [2.45, 2.75) is 26.1 Å². The third-order valence-electron chi connectivity index (χ3n) is 3.71. The zero-order valence-corrected chi connectivity index (χ0v) is 10.5. The van der Waals surface area contributed by atoms with Crippen LogP contribution in [0.25, 0.3) is 0 Å². The molecule has 0 bridgehead atoms. The molecule has 0 fully saturated rings. The number of nitrogens with zero attached hydrogens (tertiary/aromatic N) is 3. The first kappa shape index (κ1) is 11.3. The molecule has 1 aliphatic rings. The molecule has 2 aromatic rings. The van der Waals surface area contributed by atoms with Crippen molar-refractivity contribution in [1.82, 2.24) is 14.5 Å². The summed E-state index contributed by atoms with van der Waals surface area (Å²) in [7, 11) is 0. The van der Waals surface area contributed by atoms with Crippen LogP contribution in [0.1, 0.15) is 24.4 Å². The Morgan fingerprint density at radius 1 is 1.28 bits per heavy atom. The Morgan fingerprint density at radius 2 is 2.11 bits per heavy atom. The fourth-order valence-electron chi connectivity index (χ4n) is 2.56. The molecule has 0 spiro atoms. The molecule has 0 radical (unpaired) electrons. The zero-order valence-electron chi connectivity index (χ0n) is 10.5. The highest BCUT2D eigenvalue weighted by Gasteiger charge is 2.23. The number of fused-ring (bicyclic) bond motifs is 1. The van der Waals surface area contributed by atoms with Gasteiger partial charge in [-0.15, -0.1) is 0 Å². The highest BCUT2D eigenvalue weighted by molar-refractivity contribution is 5.34. The maximum Gasteiger partial charge on any atom is 0.122 e. The van der Waals surface area contributed by atoms with Crippen LogP contribution < -0.4 is 0 Å². The largest absolute Gasteiger partial charge is 0.508 e. The second-order valence-corrected chi connectivity index (χ2v) is 4.74. The van der Waals surface area contributed by atoms with Crippen LogP contribution in [0, 0.1) is 0 Å². The Hall–Kier alpha value is -1.81. The number of aromatic hydroxyl groups is 1. The van der Waals surface area contributed by atoms with Gasteiger partial charge in [0, 0.05) is 37.1 Å². The van der Waals surface area contributed by atoms with Crippen molar-refractivity contribution < 1.29 is 5.11 Å². The lowest BCUT2D eigenvalue weighted by atomic mass is 10.1. The molecule has 0 saturated carbocycles. The molecule has 94 valence electrons. The van der Waals surface area contributed by atoms with Crippen LogP contribution in [0.15, 0.2) is 36.7 Å². The standard InChI is InChI=1S/C14H17N3O/c1-11(12-4-2-3-5-13(12)18)17-9-8-16-7-6-15-14(16)10-17/h2-7,11,18H,8-10H2,1H3. The molecule has 2 heterocycles. The number of phenols is 1. The van der Waals surface area contributed by atoms with Crippen LogP contribution in [0.2, 0.25) is 0 Å². The fraction of sp³-hybridized carbons (Fsp3) is 0.357. The van der Waals surface area contributed by atoms with Crippen LogP contribution in [0.3, 0.4) is 0 Å². The number of benzene rings is 1. The lowest BCUT2D eigenvalue weighted by Gasteiger charge is -2.33. The van der Waals surface area contributed by atoms with E-state index in [1.807, 2.05) is 30.6 Å². The molecule has 3 rings (SSSR count). The molecule has 18 heavy (non-hydrogen) atoms. The summed E-state index contributed by atoms with van der Waals surface area (Å²) < 4.78 is 2.19. The number of phenolic OH excluding ortho intramolecular Hbond substituents is 1.